The summed E-state index contributed by atoms with van der Waals surface area (Å²) in [6.07, 6.45) is 2.72. The molecule has 0 saturated heterocycles. The van der Waals surface area contributed by atoms with Gasteiger partial charge in [-0.2, -0.15) is 0 Å². The van der Waals surface area contributed by atoms with Crippen molar-refractivity contribution in [3.05, 3.63) is 58.2 Å². The zero-order chi connectivity index (χ0) is 14.3. The predicted molar refractivity (Wildman–Crippen MR) is 73.7 cm³/mol. The van der Waals surface area contributed by atoms with Crippen LogP contribution in [0.4, 0.5) is 4.39 Å². The Kier molecular flexibility index (Phi) is 3.08. The maximum absolute atomic E-state index is 13.1. The first-order chi connectivity index (χ1) is 9.54. The number of aromatic carboxylic acids is 1. The van der Waals surface area contributed by atoms with E-state index >= 15 is 0 Å². The van der Waals surface area contributed by atoms with Gasteiger partial charge in [-0.15, -0.1) is 0 Å². The van der Waals surface area contributed by atoms with Gasteiger partial charge in [-0.25, -0.2) is 9.18 Å². The van der Waals surface area contributed by atoms with E-state index in [1.807, 2.05) is 13.0 Å². The Balaban J connectivity index is 1.86. The zero-order valence-electron chi connectivity index (χ0n) is 11.2. The SMILES string of the molecule is Cc1cc(F)ccc1CC1CCc2[nH]c(C(=O)O)cc21. The number of aromatic amines is 1. The number of carboxylic acid groups (broad SMARTS) is 1. The van der Waals surface area contributed by atoms with Crippen LogP contribution in [0.15, 0.2) is 24.3 Å². The first-order valence-electron chi connectivity index (χ1n) is 6.74. The molecule has 0 spiro atoms. The highest BCUT2D eigenvalue weighted by Crippen LogP contribution is 2.36. The third-order valence-electron chi connectivity index (χ3n) is 4.12. The van der Waals surface area contributed by atoms with Crippen molar-refractivity contribution in [1.29, 1.82) is 0 Å². The van der Waals surface area contributed by atoms with E-state index in [4.69, 9.17) is 5.11 Å². The molecule has 1 aliphatic rings. The smallest absolute Gasteiger partial charge is 0.352 e. The molecule has 1 atom stereocenters. The van der Waals surface area contributed by atoms with E-state index < -0.39 is 5.97 Å². The lowest BCUT2D eigenvalue weighted by Crippen LogP contribution is -2.01. The maximum Gasteiger partial charge on any atom is 0.352 e. The van der Waals surface area contributed by atoms with Gasteiger partial charge < -0.3 is 10.1 Å². The summed E-state index contributed by atoms with van der Waals surface area (Å²) in [6.45, 7) is 1.91. The van der Waals surface area contributed by atoms with Crippen molar-refractivity contribution in [3.63, 3.8) is 0 Å². The molecule has 3 nitrogen and oxygen atoms in total. The molecule has 1 unspecified atom stereocenters. The van der Waals surface area contributed by atoms with Gasteiger partial charge in [-0.1, -0.05) is 6.07 Å². The van der Waals surface area contributed by atoms with Crippen LogP contribution in [0.5, 0.6) is 0 Å². The van der Waals surface area contributed by atoms with Crippen molar-refractivity contribution >= 4 is 5.97 Å². The number of aryl methyl sites for hydroxylation is 2. The molecule has 0 saturated carbocycles. The number of carboxylic acids is 1. The van der Waals surface area contributed by atoms with E-state index in [9.17, 15) is 9.18 Å². The molecule has 4 heteroatoms. The van der Waals surface area contributed by atoms with Gasteiger partial charge in [0.25, 0.3) is 0 Å². The second kappa shape index (κ2) is 4.78. The molecular formula is C16H16FNO2. The van der Waals surface area contributed by atoms with Crippen LogP contribution in [-0.4, -0.2) is 16.1 Å². The number of fused-ring (bicyclic) bond motifs is 1. The number of halogens is 1. The number of rotatable bonds is 3. The number of carbonyl (C=O) groups is 1. The number of aromatic nitrogens is 1. The Morgan fingerprint density at radius 3 is 2.95 bits per heavy atom. The molecule has 0 amide bonds. The summed E-state index contributed by atoms with van der Waals surface area (Å²) in [7, 11) is 0. The minimum Gasteiger partial charge on any atom is -0.477 e. The topological polar surface area (TPSA) is 53.1 Å². The third kappa shape index (κ3) is 2.22. The van der Waals surface area contributed by atoms with Crippen molar-refractivity contribution in [2.45, 2.75) is 32.1 Å². The van der Waals surface area contributed by atoms with Crippen LogP contribution in [0, 0.1) is 12.7 Å². The Bertz CT molecular complexity index is 675. The lowest BCUT2D eigenvalue weighted by atomic mass is 9.92. The molecule has 104 valence electrons. The summed E-state index contributed by atoms with van der Waals surface area (Å²) in [6, 6.07) is 6.60. The molecular weight excluding hydrogens is 257 g/mol. The molecule has 0 fully saturated rings. The van der Waals surface area contributed by atoms with Crippen LogP contribution >= 0.6 is 0 Å². The molecule has 0 radical (unpaired) electrons. The summed E-state index contributed by atoms with van der Waals surface area (Å²) < 4.78 is 13.1. The van der Waals surface area contributed by atoms with Crippen LogP contribution in [0.3, 0.4) is 0 Å². The standard InChI is InChI=1S/C16H16FNO2/c1-9-6-12(17)4-2-10(9)7-11-3-5-14-13(11)8-15(18-14)16(19)20/h2,4,6,8,11,18H,3,5,7H2,1H3,(H,19,20). The van der Waals surface area contributed by atoms with Crippen LogP contribution in [-0.2, 0) is 12.8 Å². The minimum atomic E-state index is -0.920. The van der Waals surface area contributed by atoms with E-state index in [2.05, 4.69) is 4.98 Å². The van der Waals surface area contributed by atoms with E-state index in [1.54, 1.807) is 12.1 Å². The van der Waals surface area contributed by atoms with Gasteiger partial charge in [0.1, 0.15) is 11.5 Å². The Hall–Kier alpha value is -2.10. The van der Waals surface area contributed by atoms with E-state index in [-0.39, 0.29) is 11.5 Å². The minimum absolute atomic E-state index is 0.215. The monoisotopic (exact) mass is 273 g/mol. The van der Waals surface area contributed by atoms with Gasteiger partial charge in [-0.3, -0.25) is 0 Å². The molecule has 0 aliphatic heterocycles. The molecule has 3 rings (SSSR count). The molecule has 1 aliphatic carbocycles. The zero-order valence-corrected chi connectivity index (χ0v) is 11.2. The Morgan fingerprint density at radius 2 is 2.25 bits per heavy atom. The van der Waals surface area contributed by atoms with Gasteiger partial charge in [0.2, 0.25) is 0 Å². The average Bonchev–Trinajstić information content (AvgIpc) is 2.94. The number of hydrogen-bond donors (Lipinski definition) is 2. The molecule has 2 N–H and O–H groups in total. The van der Waals surface area contributed by atoms with Gasteiger partial charge in [0.05, 0.1) is 0 Å². The fraction of sp³-hybridized carbons (Fsp3) is 0.312. The second-order valence-corrected chi connectivity index (χ2v) is 5.43. The number of nitrogens with one attached hydrogen (secondary N) is 1. The van der Waals surface area contributed by atoms with Crippen LogP contribution in [0.2, 0.25) is 0 Å². The first-order valence-corrected chi connectivity index (χ1v) is 6.74. The summed E-state index contributed by atoms with van der Waals surface area (Å²) in [5.41, 5.74) is 4.48. The summed E-state index contributed by atoms with van der Waals surface area (Å²) in [4.78, 5) is 14.0. The lowest BCUT2D eigenvalue weighted by Gasteiger charge is -2.12. The van der Waals surface area contributed by atoms with Crippen molar-refractivity contribution in [2.24, 2.45) is 0 Å². The normalized spacial score (nSPS) is 17.2. The fourth-order valence-corrected chi connectivity index (χ4v) is 3.04. The molecule has 1 heterocycles. The highest BCUT2D eigenvalue weighted by Gasteiger charge is 2.26. The first kappa shape index (κ1) is 12.9. The number of benzene rings is 1. The predicted octanol–water partition coefficient (Wildman–Crippen LogP) is 3.43. The second-order valence-electron chi connectivity index (χ2n) is 5.43. The Labute approximate surface area is 116 Å². The van der Waals surface area contributed by atoms with Crippen LogP contribution in [0.25, 0.3) is 0 Å². The number of H-pyrrole nitrogens is 1. The van der Waals surface area contributed by atoms with E-state index in [0.29, 0.717) is 5.92 Å². The fourth-order valence-electron chi connectivity index (χ4n) is 3.04. The lowest BCUT2D eigenvalue weighted by molar-refractivity contribution is 0.0691. The highest BCUT2D eigenvalue weighted by atomic mass is 19.1. The van der Waals surface area contributed by atoms with Crippen molar-refractivity contribution < 1.29 is 14.3 Å². The van der Waals surface area contributed by atoms with Crippen molar-refractivity contribution in [2.75, 3.05) is 0 Å². The van der Waals surface area contributed by atoms with E-state index in [0.717, 1.165) is 41.6 Å². The quantitative estimate of drug-likeness (QED) is 0.900. The molecule has 0 bridgehead atoms. The largest absolute Gasteiger partial charge is 0.477 e. The highest BCUT2D eigenvalue weighted by molar-refractivity contribution is 5.86. The summed E-state index contributed by atoms with van der Waals surface area (Å²) in [5.74, 6) is -0.817. The van der Waals surface area contributed by atoms with Crippen LogP contribution in [0.1, 0.15) is 45.2 Å². The summed E-state index contributed by atoms with van der Waals surface area (Å²) >= 11 is 0. The van der Waals surface area contributed by atoms with Crippen molar-refractivity contribution in [1.82, 2.24) is 4.98 Å². The molecule has 2 aromatic rings. The Morgan fingerprint density at radius 1 is 1.45 bits per heavy atom. The van der Waals surface area contributed by atoms with E-state index in [1.165, 1.54) is 6.07 Å². The van der Waals surface area contributed by atoms with Gasteiger partial charge in [-0.05, 0) is 67.0 Å². The van der Waals surface area contributed by atoms with Gasteiger partial charge >= 0.3 is 5.97 Å². The van der Waals surface area contributed by atoms with Crippen LogP contribution < -0.4 is 0 Å². The molecule has 1 aromatic heterocycles. The molecule has 20 heavy (non-hydrogen) atoms. The molecule has 1 aromatic carbocycles. The summed E-state index contributed by atoms with van der Waals surface area (Å²) in [5, 5.41) is 9.02. The maximum atomic E-state index is 13.1. The van der Waals surface area contributed by atoms with Gasteiger partial charge in [0, 0.05) is 5.69 Å². The number of hydrogen-bond acceptors (Lipinski definition) is 1. The van der Waals surface area contributed by atoms with Gasteiger partial charge in [0.15, 0.2) is 0 Å². The average molecular weight is 273 g/mol. The van der Waals surface area contributed by atoms with Crippen molar-refractivity contribution in [3.8, 4) is 0 Å². The third-order valence-corrected chi connectivity index (χ3v) is 4.12.